The van der Waals surface area contributed by atoms with Gasteiger partial charge in [-0.1, -0.05) is 36.2 Å². The number of likely N-dealkylation sites (tertiary alicyclic amines) is 1. The van der Waals surface area contributed by atoms with Gasteiger partial charge in [0, 0.05) is 6.54 Å². The van der Waals surface area contributed by atoms with Gasteiger partial charge in [0.15, 0.2) is 0 Å². The third-order valence-corrected chi connectivity index (χ3v) is 4.21. The van der Waals surface area contributed by atoms with Crippen LogP contribution in [-0.4, -0.2) is 29.6 Å². The van der Waals surface area contributed by atoms with E-state index in [9.17, 15) is 5.11 Å². The molecule has 1 unspecified atom stereocenters. The maximum absolute atomic E-state index is 11.0. The molecule has 19 heavy (non-hydrogen) atoms. The second kappa shape index (κ2) is 6.06. The molecule has 1 aliphatic heterocycles. The third kappa shape index (κ3) is 3.58. The second-order valence-corrected chi connectivity index (χ2v) is 6.10. The number of hydrogen-bond acceptors (Lipinski definition) is 2. The summed E-state index contributed by atoms with van der Waals surface area (Å²) in [6.07, 6.45) is 4.03. The van der Waals surface area contributed by atoms with Crippen LogP contribution in [0, 0.1) is 13.8 Å². The minimum absolute atomic E-state index is 0.626. The largest absolute Gasteiger partial charge is 0.385 e. The molecular formula is C17H27NO. The molecule has 0 saturated carbocycles. The van der Waals surface area contributed by atoms with Crippen LogP contribution in [0.3, 0.4) is 0 Å². The van der Waals surface area contributed by atoms with Gasteiger partial charge < -0.3 is 10.0 Å². The molecule has 1 aromatic carbocycles. The van der Waals surface area contributed by atoms with Crippen molar-refractivity contribution < 1.29 is 5.11 Å². The fraction of sp³-hybridized carbons (Fsp3) is 0.647. The van der Waals surface area contributed by atoms with E-state index in [1.165, 1.54) is 17.5 Å². The fourth-order valence-electron chi connectivity index (χ4n) is 3.25. The van der Waals surface area contributed by atoms with Crippen molar-refractivity contribution >= 4 is 0 Å². The van der Waals surface area contributed by atoms with Crippen LogP contribution in [-0.2, 0) is 5.60 Å². The van der Waals surface area contributed by atoms with E-state index in [-0.39, 0.29) is 0 Å². The molecule has 0 radical (unpaired) electrons. The molecule has 2 heteroatoms. The summed E-state index contributed by atoms with van der Waals surface area (Å²) in [5, 5.41) is 11.0. The lowest BCUT2D eigenvalue weighted by atomic mass is 9.85. The van der Waals surface area contributed by atoms with Crippen molar-refractivity contribution in [1.82, 2.24) is 4.90 Å². The van der Waals surface area contributed by atoms with Gasteiger partial charge in [0.25, 0.3) is 0 Å². The number of hydrogen-bond donors (Lipinski definition) is 1. The molecule has 1 saturated heterocycles. The van der Waals surface area contributed by atoms with Gasteiger partial charge in [0.05, 0.1) is 5.60 Å². The third-order valence-electron chi connectivity index (χ3n) is 4.21. The van der Waals surface area contributed by atoms with Crippen LogP contribution in [0.1, 0.15) is 49.3 Å². The topological polar surface area (TPSA) is 23.5 Å². The quantitative estimate of drug-likeness (QED) is 0.901. The lowest BCUT2D eigenvalue weighted by Gasteiger charge is -2.28. The van der Waals surface area contributed by atoms with Gasteiger partial charge in [-0.05, 0) is 58.2 Å². The minimum atomic E-state index is -0.626. The van der Waals surface area contributed by atoms with E-state index < -0.39 is 5.60 Å². The van der Waals surface area contributed by atoms with E-state index in [4.69, 9.17) is 0 Å². The van der Waals surface area contributed by atoms with Crippen molar-refractivity contribution in [1.29, 1.82) is 0 Å². The molecular weight excluding hydrogens is 234 g/mol. The summed E-state index contributed by atoms with van der Waals surface area (Å²) >= 11 is 0. The summed E-state index contributed by atoms with van der Waals surface area (Å²) in [6, 6.07) is 6.48. The summed E-state index contributed by atoms with van der Waals surface area (Å²) in [4.78, 5) is 2.49. The van der Waals surface area contributed by atoms with Gasteiger partial charge in [-0.15, -0.1) is 0 Å². The maximum Gasteiger partial charge on any atom is 0.0909 e. The van der Waals surface area contributed by atoms with Gasteiger partial charge >= 0.3 is 0 Å². The zero-order valence-corrected chi connectivity index (χ0v) is 12.6. The first-order chi connectivity index (χ1) is 9.03. The fourth-order valence-corrected chi connectivity index (χ4v) is 3.25. The summed E-state index contributed by atoms with van der Waals surface area (Å²) in [5.41, 5.74) is 2.98. The van der Waals surface area contributed by atoms with Gasteiger partial charge in [-0.2, -0.15) is 0 Å². The molecule has 2 rings (SSSR count). The highest BCUT2D eigenvalue weighted by atomic mass is 16.3. The van der Waals surface area contributed by atoms with E-state index in [0.29, 0.717) is 0 Å². The Kier molecular flexibility index (Phi) is 4.64. The molecule has 0 bridgehead atoms. The highest BCUT2D eigenvalue weighted by molar-refractivity contribution is 5.32. The van der Waals surface area contributed by atoms with E-state index in [2.05, 4.69) is 43.9 Å². The number of benzene rings is 1. The summed E-state index contributed by atoms with van der Waals surface area (Å²) in [6.45, 7) is 9.74. The highest BCUT2D eigenvalue weighted by Crippen LogP contribution is 2.33. The smallest absolute Gasteiger partial charge is 0.0909 e. The first kappa shape index (κ1) is 14.5. The molecule has 1 N–H and O–H groups in total. The summed E-state index contributed by atoms with van der Waals surface area (Å²) in [7, 11) is 0. The molecule has 106 valence electrons. The van der Waals surface area contributed by atoms with E-state index in [0.717, 1.165) is 44.5 Å². The number of aryl methyl sites for hydroxylation is 2. The summed E-state index contributed by atoms with van der Waals surface area (Å²) < 4.78 is 0. The lowest BCUT2D eigenvalue weighted by Crippen LogP contribution is -2.29. The van der Waals surface area contributed by atoms with Crippen LogP contribution in [0.15, 0.2) is 18.2 Å². The molecule has 1 atom stereocenters. The lowest BCUT2D eigenvalue weighted by molar-refractivity contribution is 0.0211. The van der Waals surface area contributed by atoms with E-state index in [1.54, 1.807) is 0 Å². The average Bonchev–Trinajstić information content (AvgIpc) is 2.52. The normalized spacial score (nSPS) is 25.3. The van der Waals surface area contributed by atoms with Crippen molar-refractivity contribution in [2.45, 2.75) is 52.1 Å². The number of rotatable bonds is 3. The van der Waals surface area contributed by atoms with Crippen molar-refractivity contribution in [2.24, 2.45) is 0 Å². The van der Waals surface area contributed by atoms with Crippen LogP contribution < -0.4 is 0 Å². The van der Waals surface area contributed by atoms with Crippen LogP contribution in [0.5, 0.6) is 0 Å². The van der Waals surface area contributed by atoms with Crippen LogP contribution in [0.4, 0.5) is 0 Å². The monoisotopic (exact) mass is 261 g/mol. The van der Waals surface area contributed by atoms with Gasteiger partial charge in [-0.25, -0.2) is 0 Å². The Labute approximate surface area is 117 Å². The summed E-state index contributed by atoms with van der Waals surface area (Å²) in [5.74, 6) is 0. The molecule has 1 fully saturated rings. The molecule has 0 amide bonds. The van der Waals surface area contributed by atoms with Gasteiger partial charge in [0.1, 0.15) is 0 Å². The predicted molar refractivity (Wildman–Crippen MR) is 80.4 cm³/mol. The molecule has 1 heterocycles. The molecule has 1 aromatic rings. The van der Waals surface area contributed by atoms with Crippen molar-refractivity contribution in [3.8, 4) is 0 Å². The SMILES string of the molecule is CCCN1CCCC(O)(c2cc(C)cc(C)c2)CC1. The Morgan fingerprint density at radius 1 is 1.11 bits per heavy atom. The Balaban J connectivity index is 2.17. The van der Waals surface area contributed by atoms with Gasteiger partial charge in [0.2, 0.25) is 0 Å². The molecule has 1 aliphatic rings. The average molecular weight is 261 g/mol. The molecule has 2 nitrogen and oxygen atoms in total. The number of nitrogens with zero attached hydrogens (tertiary/aromatic N) is 1. The van der Waals surface area contributed by atoms with Crippen molar-refractivity contribution in [3.63, 3.8) is 0 Å². The standard InChI is InChI=1S/C17H27NO/c1-4-8-18-9-5-6-17(19,7-10-18)16-12-14(2)11-15(3)13-16/h11-13,19H,4-10H2,1-3H3. The van der Waals surface area contributed by atoms with Crippen LogP contribution in [0.25, 0.3) is 0 Å². The van der Waals surface area contributed by atoms with E-state index in [1.807, 2.05) is 0 Å². The zero-order valence-electron chi connectivity index (χ0n) is 12.6. The second-order valence-electron chi connectivity index (χ2n) is 6.10. The highest BCUT2D eigenvalue weighted by Gasteiger charge is 2.31. The predicted octanol–water partition coefficient (Wildman–Crippen LogP) is 3.39. The Hall–Kier alpha value is -0.860. The van der Waals surface area contributed by atoms with Gasteiger partial charge in [-0.3, -0.25) is 0 Å². The van der Waals surface area contributed by atoms with Crippen LogP contribution in [0.2, 0.25) is 0 Å². The Bertz CT molecular complexity index is 409. The molecule has 0 spiro atoms. The van der Waals surface area contributed by atoms with E-state index >= 15 is 0 Å². The minimum Gasteiger partial charge on any atom is -0.385 e. The van der Waals surface area contributed by atoms with Crippen LogP contribution >= 0.6 is 0 Å². The molecule has 0 aromatic heterocycles. The Morgan fingerprint density at radius 3 is 2.42 bits per heavy atom. The van der Waals surface area contributed by atoms with Crippen molar-refractivity contribution in [2.75, 3.05) is 19.6 Å². The molecule has 0 aliphatic carbocycles. The first-order valence-electron chi connectivity index (χ1n) is 7.57. The van der Waals surface area contributed by atoms with Crippen molar-refractivity contribution in [3.05, 3.63) is 34.9 Å². The number of aliphatic hydroxyl groups is 1. The maximum atomic E-state index is 11.0. The first-order valence-corrected chi connectivity index (χ1v) is 7.57. The Morgan fingerprint density at radius 2 is 1.79 bits per heavy atom. The zero-order chi connectivity index (χ0) is 13.9.